The van der Waals surface area contributed by atoms with Gasteiger partial charge in [0, 0.05) is 12.2 Å². The molecule has 8 heteroatoms. The molecule has 0 saturated carbocycles. The van der Waals surface area contributed by atoms with Crippen molar-refractivity contribution in [1.82, 2.24) is 15.0 Å². The van der Waals surface area contributed by atoms with Gasteiger partial charge in [0.2, 0.25) is 0 Å². The summed E-state index contributed by atoms with van der Waals surface area (Å²) in [4.78, 5) is 10.4. The van der Waals surface area contributed by atoms with Gasteiger partial charge in [-0.15, -0.1) is 5.10 Å². The number of aldehydes is 1. The second-order valence-electron chi connectivity index (χ2n) is 4.00. The Morgan fingerprint density at radius 3 is 2.68 bits per heavy atom. The topological polar surface area (TPSA) is 126 Å². The highest BCUT2D eigenvalue weighted by atomic mass is 79.9. The monoisotopic (exact) mass is 328 g/mol. The zero-order valence-corrected chi connectivity index (χ0v) is 12.0. The van der Waals surface area contributed by atoms with Gasteiger partial charge in [-0.05, 0) is 41.3 Å². The van der Waals surface area contributed by atoms with Crippen molar-refractivity contribution < 1.29 is 4.79 Å². The summed E-state index contributed by atoms with van der Waals surface area (Å²) in [5.74, 6) is 0.201. The molecule has 0 fully saturated rings. The standard InChI is InChI=1S/C11H17BrN6O/c12-10(11(14)15)5-8(13)3-1-2-4-18-6-9(7-19)16-17-18/h5-7H,1-4,13-15H2/b8-5-. The van der Waals surface area contributed by atoms with E-state index in [2.05, 4.69) is 26.2 Å². The van der Waals surface area contributed by atoms with Crippen LogP contribution in [0.15, 0.2) is 28.3 Å². The molecule has 1 rings (SSSR count). The van der Waals surface area contributed by atoms with Crippen LogP contribution in [-0.2, 0) is 6.54 Å². The summed E-state index contributed by atoms with van der Waals surface area (Å²) in [7, 11) is 0. The highest BCUT2D eigenvalue weighted by molar-refractivity contribution is 9.11. The van der Waals surface area contributed by atoms with Crippen molar-refractivity contribution in [2.24, 2.45) is 17.2 Å². The zero-order chi connectivity index (χ0) is 14.3. The number of carbonyl (C=O) groups excluding carboxylic acids is 1. The van der Waals surface area contributed by atoms with Crippen LogP contribution >= 0.6 is 15.9 Å². The first-order chi connectivity index (χ1) is 9.02. The zero-order valence-electron chi connectivity index (χ0n) is 10.4. The molecule has 0 radical (unpaired) electrons. The van der Waals surface area contributed by atoms with Gasteiger partial charge in [0.05, 0.1) is 10.7 Å². The molecule has 0 amide bonds. The molecule has 0 atom stereocenters. The second kappa shape index (κ2) is 7.57. The van der Waals surface area contributed by atoms with Crippen LogP contribution in [0, 0.1) is 0 Å². The highest BCUT2D eigenvalue weighted by Crippen LogP contribution is 2.12. The number of rotatable bonds is 7. The Morgan fingerprint density at radius 2 is 2.11 bits per heavy atom. The predicted molar refractivity (Wildman–Crippen MR) is 75.9 cm³/mol. The molecule has 104 valence electrons. The van der Waals surface area contributed by atoms with Gasteiger partial charge in [-0.3, -0.25) is 9.48 Å². The Morgan fingerprint density at radius 1 is 1.37 bits per heavy atom. The fourth-order valence-electron chi connectivity index (χ4n) is 1.40. The van der Waals surface area contributed by atoms with Crippen molar-refractivity contribution in [3.63, 3.8) is 0 Å². The van der Waals surface area contributed by atoms with Crippen LogP contribution < -0.4 is 17.2 Å². The average Bonchev–Trinajstić information content (AvgIpc) is 2.82. The van der Waals surface area contributed by atoms with Gasteiger partial charge >= 0.3 is 0 Å². The lowest BCUT2D eigenvalue weighted by Gasteiger charge is -2.03. The Hall–Kier alpha value is -1.83. The lowest BCUT2D eigenvalue weighted by Crippen LogP contribution is -2.10. The maximum Gasteiger partial charge on any atom is 0.171 e. The van der Waals surface area contributed by atoms with Crippen molar-refractivity contribution in [1.29, 1.82) is 0 Å². The van der Waals surface area contributed by atoms with Crippen molar-refractivity contribution in [3.05, 3.63) is 34.0 Å². The summed E-state index contributed by atoms with van der Waals surface area (Å²) in [6.07, 6.45) is 6.50. The van der Waals surface area contributed by atoms with E-state index in [1.165, 1.54) is 0 Å². The lowest BCUT2D eigenvalue weighted by molar-refractivity contribution is 0.111. The van der Waals surface area contributed by atoms with Crippen molar-refractivity contribution >= 4 is 22.2 Å². The average molecular weight is 329 g/mol. The summed E-state index contributed by atoms with van der Waals surface area (Å²) in [6.45, 7) is 0.699. The number of hydrogen-bond donors (Lipinski definition) is 3. The summed E-state index contributed by atoms with van der Waals surface area (Å²) in [6, 6.07) is 0. The second-order valence-corrected chi connectivity index (χ2v) is 4.86. The number of aryl methyl sites for hydroxylation is 1. The molecule has 0 spiro atoms. The van der Waals surface area contributed by atoms with Crippen LogP contribution in [0.3, 0.4) is 0 Å². The smallest absolute Gasteiger partial charge is 0.171 e. The number of allylic oxidation sites excluding steroid dienone is 3. The molecule has 7 nitrogen and oxygen atoms in total. The Labute approximate surface area is 119 Å². The summed E-state index contributed by atoms with van der Waals surface area (Å²) >= 11 is 3.22. The van der Waals surface area contributed by atoms with Gasteiger partial charge in [0.25, 0.3) is 0 Å². The molecule has 0 saturated heterocycles. The number of carbonyl (C=O) groups is 1. The SMILES string of the molecule is NC(N)=C(Br)/C=C(\N)CCCCn1cc(C=O)nn1. The molecule has 1 aromatic rings. The maximum absolute atomic E-state index is 10.4. The molecular weight excluding hydrogens is 312 g/mol. The van der Waals surface area contributed by atoms with Crippen molar-refractivity contribution in [2.75, 3.05) is 0 Å². The van der Waals surface area contributed by atoms with E-state index in [4.69, 9.17) is 17.2 Å². The molecule has 0 aliphatic rings. The van der Waals surface area contributed by atoms with E-state index >= 15 is 0 Å². The molecule has 1 heterocycles. The van der Waals surface area contributed by atoms with Crippen LogP contribution in [-0.4, -0.2) is 21.3 Å². The molecule has 0 bridgehead atoms. The predicted octanol–water partition coefficient (Wildman–Crippen LogP) is 0.585. The van der Waals surface area contributed by atoms with Crippen molar-refractivity contribution in [3.8, 4) is 0 Å². The van der Waals surface area contributed by atoms with Crippen LogP contribution in [0.25, 0.3) is 0 Å². The van der Waals surface area contributed by atoms with Crippen LogP contribution in [0.5, 0.6) is 0 Å². The van der Waals surface area contributed by atoms with Crippen molar-refractivity contribution in [2.45, 2.75) is 25.8 Å². The molecule has 0 aliphatic carbocycles. The Kier molecular flexibility index (Phi) is 6.07. The minimum Gasteiger partial charge on any atom is -0.402 e. The fourth-order valence-corrected chi connectivity index (χ4v) is 1.69. The van der Waals surface area contributed by atoms with E-state index < -0.39 is 0 Å². The van der Waals surface area contributed by atoms with E-state index in [-0.39, 0.29) is 5.82 Å². The van der Waals surface area contributed by atoms with E-state index in [1.54, 1.807) is 17.0 Å². The number of hydrogen-bond acceptors (Lipinski definition) is 6. The van der Waals surface area contributed by atoms with E-state index in [1.807, 2.05) is 0 Å². The largest absolute Gasteiger partial charge is 0.402 e. The van der Waals surface area contributed by atoms with Gasteiger partial charge in [0.15, 0.2) is 6.29 Å². The molecule has 19 heavy (non-hydrogen) atoms. The Balaban J connectivity index is 2.31. The van der Waals surface area contributed by atoms with E-state index in [0.29, 0.717) is 28.7 Å². The summed E-state index contributed by atoms with van der Waals surface area (Å²) in [5, 5.41) is 7.49. The van der Waals surface area contributed by atoms with Gasteiger partial charge in [-0.25, -0.2) is 0 Å². The first-order valence-corrected chi connectivity index (χ1v) is 6.54. The molecule has 1 aromatic heterocycles. The van der Waals surface area contributed by atoms with Gasteiger partial charge < -0.3 is 17.2 Å². The molecule has 0 aromatic carbocycles. The number of unbranched alkanes of at least 4 members (excludes halogenated alkanes) is 1. The van der Waals surface area contributed by atoms with E-state index in [0.717, 1.165) is 19.3 Å². The highest BCUT2D eigenvalue weighted by Gasteiger charge is 2.00. The molecule has 6 N–H and O–H groups in total. The van der Waals surface area contributed by atoms with E-state index in [9.17, 15) is 4.79 Å². The van der Waals surface area contributed by atoms with Crippen LogP contribution in [0.1, 0.15) is 29.8 Å². The number of nitrogens with zero attached hydrogens (tertiary/aromatic N) is 3. The first-order valence-electron chi connectivity index (χ1n) is 5.75. The maximum atomic E-state index is 10.4. The third-order valence-corrected chi connectivity index (χ3v) is 3.05. The number of aromatic nitrogens is 3. The molecule has 0 unspecified atom stereocenters. The third kappa shape index (κ3) is 5.56. The lowest BCUT2D eigenvalue weighted by atomic mass is 10.2. The van der Waals surface area contributed by atoms with Crippen LogP contribution in [0.4, 0.5) is 0 Å². The minimum absolute atomic E-state index is 0.201. The van der Waals surface area contributed by atoms with Gasteiger partial charge in [0.1, 0.15) is 11.5 Å². The molecular formula is C11H17BrN6O. The third-order valence-electron chi connectivity index (χ3n) is 2.37. The summed E-state index contributed by atoms with van der Waals surface area (Å²) in [5.41, 5.74) is 17.7. The molecule has 0 aliphatic heterocycles. The van der Waals surface area contributed by atoms with Crippen LogP contribution in [0.2, 0.25) is 0 Å². The number of halogens is 1. The van der Waals surface area contributed by atoms with Gasteiger partial charge in [-0.2, -0.15) is 0 Å². The minimum atomic E-state index is 0.201. The number of nitrogens with two attached hydrogens (primary N) is 3. The van der Waals surface area contributed by atoms with Gasteiger partial charge in [-0.1, -0.05) is 5.21 Å². The Bertz CT molecular complexity index is 489. The fraction of sp³-hybridized carbons (Fsp3) is 0.364. The first kappa shape index (κ1) is 15.2. The quantitative estimate of drug-likeness (QED) is 0.382. The normalized spacial score (nSPS) is 11.3. The summed E-state index contributed by atoms with van der Waals surface area (Å²) < 4.78 is 2.23.